The molecule has 0 aliphatic carbocycles. The third-order valence-electron chi connectivity index (χ3n) is 14.8. The molecule has 4 rings (SSSR count). The number of esters is 2. The Morgan fingerprint density at radius 1 is 0.580 bits per heavy atom. The molecule has 16 atom stereocenters. The highest BCUT2D eigenvalue weighted by Crippen LogP contribution is 2.40. The SMILES string of the molecule is C/C(=C\C(=O)CCCCCCCCCC(=O)O[C@@H](C)[C@H](C)[C@@H]1O[C@H]1CC1CO[C@@H](C/C(C)=C/C(=O)OCCCCCCCCC(=O)O)[C@H](O)[C@@H]1O)C[C@@H]1OC[C@H](C[C@@H]2O[C@H]2[C@@H](C)[C@H](C)O)[C@@H](O)[C@H]1O. The molecule has 0 spiro atoms. The molecule has 16 nitrogen and oxygen atoms in total. The Balaban J connectivity index is 0.981. The van der Waals surface area contributed by atoms with Crippen LogP contribution in [0.5, 0.6) is 0 Å². The van der Waals surface area contributed by atoms with E-state index in [1.807, 2.05) is 27.7 Å². The van der Waals surface area contributed by atoms with E-state index in [2.05, 4.69) is 0 Å². The first kappa shape index (κ1) is 58.8. The normalized spacial score (nSPS) is 31.1. The number of unbranched alkanes of at least 4 members (excludes halogenated alkanes) is 11. The standard InChI is InChI=1S/C53H88O16/c1-32(25-41-50(62)48(60)38(30-65-41)28-43-52(68-43)34(3)36(5)54)24-40(55)20-16-12-8-7-9-14-18-22-46(58)67-37(6)35(4)53-44(69-53)29-39-31-66-42(51(63)49(39)61)26-33(2)27-47(59)64-23-19-15-11-10-13-17-21-45(56)57/h24,27,34-39,41-44,48-54,60-63H,7-23,25-26,28-31H2,1-6H3,(H,56,57)/b32-24+,33-27+/t34-,35-,36-,37-,38-,39?,41-,42-,43-,44-,48+,49+,50-,51-,52-,53-/m0/s1. The van der Waals surface area contributed by atoms with Crippen LogP contribution in [-0.4, -0.2) is 147 Å². The molecule has 4 aliphatic rings. The van der Waals surface area contributed by atoms with E-state index >= 15 is 0 Å². The minimum atomic E-state index is -1.13. The number of aliphatic hydroxyl groups excluding tert-OH is 5. The number of carbonyl (C=O) groups is 4. The Morgan fingerprint density at radius 3 is 1.54 bits per heavy atom. The molecule has 0 aromatic carbocycles. The lowest BCUT2D eigenvalue weighted by atomic mass is 9.85. The van der Waals surface area contributed by atoms with E-state index in [1.54, 1.807) is 19.9 Å². The summed E-state index contributed by atoms with van der Waals surface area (Å²) in [4.78, 5) is 48.2. The molecule has 4 heterocycles. The Morgan fingerprint density at radius 2 is 1.03 bits per heavy atom. The first-order valence-electron chi connectivity index (χ1n) is 26.3. The van der Waals surface area contributed by atoms with Gasteiger partial charge in [-0.15, -0.1) is 0 Å². The van der Waals surface area contributed by atoms with Gasteiger partial charge in [0.25, 0.3) is 0 Å². The minimum Gasteiger partial charge on any atom is -0.481 e. The second-order valence-corrected chi connectivity index (χ2v) is 20.9. The quantitative estimate of drug-likeness (QED) is 0.0175. The number of aliphatic carboxylic acids is 1. The smallest absolute Gasteiger partial charge is 0.330 e. The lowest BCUT2D eigenvalue weighted by molar-refractivity contribution is -0.165. The number of ketones is 1. The van der Waals surface area contributed by atoms with E-state index in [4.69, 9.17) is 33.5 Å². The predicted molar refractivity (Wildman–Crippen MR) is 257 cm³/mol. The number of allylic oxidation sites excluding steroid dienone is 1. The van der Waals surface area contributed by atoms with Crippen molar-refractivity contribution in [3.05, 3.63) is 23.3 Å². The van der Waals surface area contributed by atoms with Crippen LogP contribution in [0.2, 0.25) is 0 Å². The zero-order chi connectivity index (χ0) is 50.6. The first-order valence-corrected chi connectivity index (χ1v) is 26.3. The Kier molecular flexibility index (Phi) is 25.8. The number of aliphatic hydroxyl groups is 5. The van der Waals surface area contributed by atoms with Crippen LogP contribution in [0.3, 0.4) is 0 Å². The Labute approximate surface area is 410 Å². The second-order valence-electron chi connectivity index (χ2n) is 20.9. The van der Waals surface area contributed by atoms with Crippen LogP contribution in [0.4, 0.5) is 0 Å². The van der Waals surface area contributed by atoms with Crippen LogP contribution in [0.25, 0.3) is 0 Å². The van der Waals surface area contributed by atoms with Crippen molar-refractivity contribution in [2.24, 2.45) is 23.7 Å². The molecule has 0 amide bonds. The summed E-state index contributed by atoms with van der Waals surface area (Å²) in [5.74, 6) is -2.06. The van der Waals surface area contributed by atoms with Crippen LogP contribution in [-0.2, 0) is 47.6 Å². The van der Waals surface area contributed by atoms with Crippen LogP contribution >= 0.6 is 0 Å². The van der Waals surface area contributed by atoms with Crippen molar-refractivity contribution in [2.75, 3.05) is 19.8 Å². The molecule has 4 aliphatic heterocycles. The number of carboxylic acids is 1. The molecule has 0 bridgehead atoms. The van der Waals surface area contributed by atoms with Gasteiger partial charge in [-0.25, -0.2) is 4.79 Å². The predicted octanol–water partition coefficient (Wildman–Crippen LogP) is 6.47. The van der Waals surface area contributed by atoms with E-state index in [1.165, 1.54) is 6.08 Å². The van der Waals surface area contributed by atoms with Gasteiger partial charge in [0.1, 0.15) is 18.3 Å². The van der Waals surface area contributed by atoms with Crippen LogP contribution < -0.4 is 0 Å². The van der Waals surface area contributed by atoms with Gasteiger partial charge in [-0.2, -0.15) is 0 Å². The van der Waals surface area contributed by atoms with Gasteiger partial charge in [-0.1, -0.05) is 82.8 Å². The lowest BCUT2D eigenvalue weighted by Crippen LogP contribution is -2.50. The zero-order valence-corrected chi connectivity index (χ0v) is 42.4. The van der Waals surface area contributed by atoms with Crippen LogP contribution in [0.15, 0.2) is 23.3 Å². The first-order chi connectivity index (χ1) is 32.9. The number of ether oxygens (including phenoxy) is 6. The number of carboxylic acid groups (broad SMARTS) is 1. The maximum Gasteiger partial charge on any atom is 0.330 e. The second kappa shape index (κ2) is 30.3. The third-order valence-corrected chi connectivity index (χ3v) is 14.8. The maximum atomic E-state index is 12.7. The summed E-state index contributed by atoms with van der Waals surface area (Å²) in [5.41, 5.74) is 1.49. The molecule has 396 valence electrons. The lowest BCUT2D eigenvalue weighted by Gasteiger charge is -2.38. The van der Waals surface area contributed by atoms with Gasteiger partial charge in [0, 0.05) is 49.0 Å². The number of epoxide rings is 2. The van der Waals surface area contributed by atoms with Crippen molar-refractivity contribution in [1.29, 1.82) is 0 Å². The van der Waals surface area contributed by atoms with E-state index < -0.39 is 54.7 Å². The highest BCUT2D eigenvalue weighted by molar-refractivity contribution is 5.90. The molecule has 0 aromatic heterocycles. The topological polar surface area (TPSA) is 252 Å². The van der Waals surface area contributed by atoms with Crippen molar-refractivity contribution >= 4 is 23.7 Å². The Bertz CT molecular complexity index is 1630. The van der Waals surface area contributed by atoms with Crippen molar-refractivity contribution < 1.29 is 78.2 Å². The molecule has 1 unspecified atom stereocenters. The molecule has 0 aromatic rings. The maximum absolute atomic E-state index is 12.7. The fraction of sp³-hybridized carbons (Fsp3) is 0.849. The van der Waals surface area contributed by atoms with E-state index in [9.17, 15) is 44.7 Å². The van der Waals surface area contributed by atoms with E-state index in [0.717, 1.165) is 82.6 Å². The summed E-state index contributed by atoms with van der Waals surface area (Å²) in [6, 6.07) is 0. The summed E-state index contributed by atoms with van der Waals surface area (Å²) < 4.78 is 34.6. The fourth-order valence-electron chi connectivity index (χ4n) is 9.84. The average molecular weight is 981 g/mol. The molecular weight excluding hydrogens is 893 g/mol. The number of rotatable bonds is 34. The van der Waals surface area contributed by atoms with Crippen LogP contribution in [0.1, 0.15) is 170 Å². The van der Waals surface area contributed by atoms with Gasteiger partial charge >= 0.3 is 17.9 Å². The van der Waals surface area contributed by atoms with E-state index in [0.29, 0.717) is 57.3 Å². The molecule has 4 saturated heterocycles. The summed E-state index contributed by atoms with van der Waals surface area (Å²) in [6.07, 6.45) is 10.6. The molecule has 16 heteroatoms. The largest absolute Gasteiger partial charge is 0.481 e. The average Bonchev–Trinajstić information content (AvgIpc) is 4.23. The van der Waals surface area contributed by atoms with Crippen LogP contribution in [0, 0.1) is 23.7 Å². The van der Waals surface area contributed by atoms with Crippen molar-refractivity contribution in [1.82, 2.24) is 0 Å². The van der Waals surface area contributed by atoms with Gasteiger partial charge in [0.15, 0.2) is 5.78 Å². The summed E-state index contributed by atoms with van der Waals surface area (Å²) in [7, 11) is 0. The molecule has 6 N–H and O–H groups in total. The molecule has 69 heavy (non-hydrogen) atoms. The fourth-order valence-corrected chi connectivity index (χ4v) is 9.84. The highest BCUT2D eigenvalue weighted by atomic mass is 16.6. The number of carbonyl (C=O) groups excluding carboxylic acids is 3. The van der Waals surface area contributed by atoms with Gasteiger partial charge in [0.2, 0.25) is 0 Å². The minimum absolute atomic E-state index is 0.00237. The third kappa shape index (κ3) is 21.1. The highest BCUT2D eigenvalue weighted by Gasteiger charge is 2.50. The van der Waals surface area contributed by atoms with Gasteiger partial charge in [0.05, 0.1) is 74.8 Å². The molecule has 0 saturated carbocycles. The van der Waals surface area contributed by atoms with E-state index in [-0.39, 0.29) is 85.4 Å². The summed E-state index contributed by atoms with van der Waals surface area (Å²) >= 11 is 0. The molecular formula is C53H88O16. The van der Waals surface area contributed by atoms with Crippen molar-refractivity contribution in [2.45, 2.75) is 243 Å². The van der Waals surface area contributed by atoms with Gasteiger partial charge in [-0.05, 0) is 85.1 Å². The summed E-state index contributed by atoms with van der Waals surface area (Å²) in [6.45, 7) is 12.0. The summed E-state index contributed by atoms with van der Waals surface area (Å²) in [5, 5.41) is 62.0. The van der Waals surface area contributed by atoms with Crippen molar-refractivity contribution in [3.8, 4) is 0 Å². The van der Waals surface area contributed by atoms with Gasteiger partial charge < -0.3 is 59.1 Å². The monoisotopic (exact) mass is 981 g/mol. The number of hydrogen-bond donors (Lipinski definition) is 6. The molecule has 0 radical (unpaired) electrons. The van der Waals surface area contributed by atoms with Gasteiger partial charge in [-0.3, -0.25) is 14.4 Å². The zero-order valence-electron chi connectivity index (χ0n) is 42.4. The molecule has 4 fully saturated rings. The van der Waals surface area contributed by atoms with Crippen molar-refractivity contribution in [3.63, 3.8) is 0 Å². The number of hydrogen-bond acceptors (Lipinski definition) is 15. The Hall–Kier alpha value is -2.80.